The van der Waals surface area contributed by atoms with Crippen LogP contribution in [0.15, 0.2) is 46.9 Å². The zero-order valence-corrected chi connectivity index (χ0v) is 14.2. The van der Waals surface area contributed by atoms with E-state index >= 15 is 0 Å². The van der Waals surface area contributed by atoms with E-state index in [0.717, 1.165) is 23.1 Å². The van der Waals surface area contributed by atoms with Crippen LogP contribution in [-0.2, 0) is 13.0 Å². The van der Waals surface area contributed by atoms with Crippen molar-refractivity contribution in [2.45, 2.75) is 39.3 Å². The van der Waals surface area contributed by atoms with Crippen LogP contribution in [0.5, 0.6) is 5.75 Å². The van der Waals surface area contributed by atoms with E-state index in [1.54, 1.807) is 0 Å². The lowest BCUT2D eigenvalue weighted by Crippen LogP contribution is -2.21. The Morgan fingerprint density at radius 3 is 2.62 bits per heavy atom. The molecule has 1 unspecified atom stereocenters. The lowest BCUT2D eigenvalue weighted by atomic mass is 10.0. The molecule has 2 aromatic carbocycles. The van der Waals surface area contributed by atoms with Gasteiger partial charge in [-0.05, 0) is 64.5 Å². The second-order valence-electron chi connectivity index (χ2n) is 5.35. The van der Waals surface area contributed by atoms with E-state index < -0.39 is 0 Å². The van der Waals surface area contributed by atoms with E-state index in [0.29, 0.717) is 6.61 Å². The van der Waals surface area contributed by atoms with E-state index in [4.69, 9.17) is 10.5 Å². The number of aryl methyl sites for hydroxylation is 1. The molecule has 2 rings (SSSR count). The zero-order valence-electron chi connectivity index (χ0n) is 12.6. The standard InChI is InChI=1S/C18H22BrNO/c1-3-16(20)10-14-8-9-18(17(19)11-14)21-12-15-7-5-4-6-13(15)2/h4-9,11,16H,3,10,12,20H2,1-2H3. The summed E-state index contributed by atoms with van der Waals surface area (Å²) in [6.07, 6.45) is 1.89. The molecule has 2 aromatic rings. The first-order valence-corrected chi connectivity index (χ1v) is 8.10. The fourth-order valence-corrected chi connectivity index (χ4v) is 2.70. The Labute approximate surface area is 135 Å². The first-order valence-electron chi connectivity index (χ1n) is 7.31. The Balaban J connectivity index is 2.03. The largest absolute Gasteiger partial charge is 0.488 e. The third-order valence-corrected chi connectivity index (χ3v) is 4.28. The number of hydrogen-bond donors (Lipinski definition) is 1. The van der Waals surface area contributed by atoms with Gasteiger partial charge in [0.05, 0.1) is 4.47 Å². The molecule has 0 bridgehead atoms. The number of nitrogens with two attached hydrogens (primary N) is 1. The Hall–Kier alpha value is -1.32. The predicted octanol–water partition coefficient (Wildman–Crippen LogP) is 4.62. The van der Waals surface area contributed by atoms with Crippen LogP contribution < -0.4 is 10.5 Å². The predicted molar refractivity (Wildman–Crippen MR) is 91.6 cm³/mol. The second-order valence-corrected chi connectivity index (χ2v) is 6.21. The van der Waals surface area contributed by atoms with Crippen LogP contribution in [0.25, 0.3) is 0 Å². The fourth-order valence-electron chi connectivity index (χ4n) is 2.16. The highest BCUT2D eigenvalue weighted by Crippen LogP contribution is 2.27. The quantitative estimate of drug-likeness (QED) is 0.827. The zero-order chi connectivity index (χ0) is 15.2. The van der Waals surface area contributed by atoms with Crippen molar-refractivity contribution in [2.24, 2.45) is 5.73 Å². The first kappa shape index (κ1) is 16.1. The summed E-state index contributed by atoms with van der Waals surface area (Å²) in [5.41, 5.74) is 9.69. The summed E-state index contributed by atoms with van der Waals surface area (Å²) in [6, 6.07) is 14.7. The number of hydrogen-bond acceptors (Lipinski definition) is 2. The van der Waals surface area contributed by atoms with Gasteiger partial charge in [-0.2, -0.15) is 0 Å². The van der Waals surface area contributed by atoms with Gasteiger partial charge in [0.2, 0.25) is 0 Å². The van der Waals surface area contributed by atoms with Crippen molar-refractivity contribution in [3.05, 3.63) is 63.6 Å². The molecule has 0 heterocycles. The summed E-state index contributed by atoms with van der Waals surface area (Å²) < 4.78 is 6.90. The summed E-state index contributed by atoms with van der Waals surface area (Å²) in [5, 5.41) is 0. The summed E-state index contributed by atoms with van der Waals surface area (Å²) in [4.78, 5) is 0. The highest BCUT2D eigenvalue weighted by Gasteiger charge is 2.07. The van der Waals surface area contributed by atoms with Gasteiger partial charge in [-0.3, -0.25) is 0 Å². The molecular weight excluding hydrogens is 326 g/mol. The number of ether oxygens (including phenoxy) is 1. The minimum atomic E-state index is 0.218. The molecule has 0 amide bonds. The highest BCUT2D eigenvalue weighted by molar-refractivity contribution is 9.10. The second kappa shape index (κ2) is 7.62. The minimum Gasteiger partial charge on any atom is -0.488 e. The van der Waals surface area contributed by atoms with Gasteiger partial charge >= 0.3 is 0 Å². The molecule has 0 aliphatic rings. The summed E-state index contributed by atoms with van der Waals surface area (Å²) in [6.45, 7) is 4.79. The Kier molecular flexibility index (Phi) is 5.83. The SMILES string of the molecule is CCC(N)Cc1ccc(OCc2ccccc2C)c(Br)c1. The van der Waals surface area contributed by atoms with Crippen molar-refractivity contribution >= 4 is 15.9 Å². The molecule has 0 aromatic heterocycles. The minimum absolute atomic E-state index is 0.218. The molecule has 3 heteroatoms. The van der Waals surface area contributed by atoms with Crippen LogP contribution in [0.4, 0.5) is 0 Å². The molecule has 1 atom stereocenters. The van der Waals surface area contributed by atoms with Gasteiger partial charge in [0.1, 0.15) is 12.4 Å². The van der Waals surface area contributed by atoms with Gasteiger partial charge in [0, 0.05) is 6.04 Å². The Morgan fingerprint density at radius 2 is 1.95 bits per heavy atom. The molecule has 2 N–H and O–H groups in total. The number of halogens is 1. The van der Waals surface area contributed by atoms with Crippen LogP contribution in [0.3, 0.4) is 0 Å². The van der Waals surface area contributed by atoms with Crippen molar-refractivity contribution in [1.29, 1.82) is 0 Å². The van der Waals surface area contributed by atoms with E-state index in [1.807, 2.05) is 18.2 Å². The topological polar surface area (TPSA) is 35.2 Å². The third-order valence-electron chi connectivity index (χ3n) is 3.66. The maximum absolute atomic E-state index is 6.00. The molecule has 0 spiro atoms. The van der Waals surface area contributed by atoms with Crippen molar-refractivity contribution < 1.29 is 4.74 Å². The normalized spacial score (nSPS) is 12.2. The van der Waals surface area contributed by atoms with Crippen LogP contribution in [0.1, 0.15) is 30.0 Å². The summed E-state index contributed by atoms with van der Waals surface area (Å²) in [7, 11) is 0. The van der Waals surface area contributed by atoms with E-state index in [2.05, 4.69) is 54.0 Å². The third kappa shape index (κ3) is 4.58. The molecule has 112 valence electrons. The van der Waals surface area contributed by atoms with Gasteiger partial charge < -0.3 is 10.5 Å². The fraction of sp³-hybridized carbons (Fsp3) is 0.333. The average Bonchev–Trinajstić information content (AvgIpc) is 2.48. The van der Waals surface area contributed by atoms with E-state index in [1.165, 1.54) is 16.7 Å². The molecule has 0 saturated carbocycles. The van der Waals surface area contributed by atoms with Crippen molar-refractivity contribution in [3.8, 4) is 5.75 Å². The Morgan fingerprint density at radius 1 is 1.19 bits per heavy atom. The van der Waals surface area contributed by atoms with Gasteiger partial charge in [-0.15, -0.1) is 0 Å². The molecule has 0 saturated heterocycles. The maximum Gasteiger partial charge on any atom is 0.134 e. The van der Waals surface area contributed by atoms with Crippen LogP contribution in [-0.4, -0.2) is 6.04 Å². The number of benzene rings is 2. The van der Waals surface area contributed by atoms with Crippen LogP contribution in [0.2, 0.25) is 0 Å². The smallest absolute Gasteiger partial charge is 0.134 e. The average molecular weight is 348 g/mol. The monoisotopic (exact) mass is 347 g/mol. The van der Waals surface area contributed by atoms with Crippen molar-refractivity contribution in [2.75, 3.05) is 0 Å². The lowest BCUT2D eigenvalue weighted by Gasteiger charge is -2.13. The van der Waals surface area contributed by atoms with Crippen LogP contribution >= 0.6 is 15.9 Å². The molecule has 21 heavy (non-hydrogen) atoms. The summed E-state index contributed by atoms with van der Waals surface area (Å²) >= 11 is 3.59. The molecular formula is C18H22BrNO. The van der Waals surface area contributed by atoms with E-state index in [-0.39, 0.29) is 6.04 Å². The highest BCUT2D eigenvalue weighted by atomic mass is 79.9. The molecule has 2 nitrogen and oxygen atoms in total. The number of rotatable bonds is 6. The van der Waals surface area contributed by atoms with Crippen molar-refractivity contribution in [1.82, 2.24) is 0 Å². The van der Waals surface area contributed by atoms with Crippen molar-refractivity contribution in [3.63, 3.8) is 0 Å². The van der Waals surface area contributed by atoms with Gasteiger partial charge in [0.15, 0.2) is 0 Å². The maximum atomic E-state index is 6.00. The Bertz CT molecular complexity index is 598. The van der Waals surface area contributed by atoms with Gasteiger partial charge in [-0.1, -0.05) is 37.3 Å². The molecule has 0 aliphatic carbocycles. The van der Waals surface area contributed by atoms with Crippen LogP contribution in [0, 0.1) is 6.92 Å². The first-order chi connectivity index (χ1) is 10.1. The molecule has 0 aliphatic heterocycles. The lowest BCUT2D eigenvalue weighted by molar-refractivity contribution is 0.303. The van der Waals surface area contributed by atoms with Gasteiger partial charge in [0.25, 0.3) is 0 Å². The molecule has 0 radical (unpaired) electrons. The summed E-state index contributed by atoms with van der Waals surface area (Å²) in [5.74, 6) is 0.868. The van der Waals surface area contributed by atoms with E-state index in [9.17, 15) is 0 Å². The van der Waals surface area contributed by atoms with Gasteiger partial charge in [-0.25, -0.2) is 0 Å². The molecule has 0 fully saturated rings.